The van der Waals surface area contributed by atoms with Gasteiger partial charge in [-0.1, -0.05) is 24.6 Å². The third-order valence-electron chi connectivity index (χ3n) is 8.26. The van der Waals surface area contributed by atoms with Crippen molar-refractivity contribution in [2.24, 2.45) is 17.8 Å². The molecule has 2 aromatic carbocycles. The van der Waals surface area contributed by atoms with Crippen molar-refractivity contribution in [2.45, 2.75) is 77.0 Å². The fourth-order valence-corrected chi connectivity index (χ4v) is 6.39. The molecular weight excluding hydrogens is 448 g/mol. The van der Waals surface area contributed by atoms with Crippen molar-refractivity contribution in [2.75, 3.05) is 0 Å². The van der Waals surface area contributed by atoms with Crippen LogP contribution in [0.1, 0.15) is 81.8 Å². The molecule has 2 aromatic rings. The van der Waals surface area contributed by atoms with Gasteiger partial charge in [0.15, 0.2) is 0 Å². The highest BCUT2D eigenvalue weighted by Crippen LogP contribution is 2.49. The van der Waals surface area contributed by atoms with Gasteiger partial charge in [0.05, 0.1) is 5.56 Å². The first-order valence-electron chi connectivity index (χ1n) is 13.1. The van der Waals surface area contributed by atoms with Crippen LogP contribution in [0.3, 0.4) is 0 Å². The van der Waals surface area contributed by atoms with Gasteiger partial charge in [0, 0.05) is 5.56 Å². The maximum atomic E-state index is 15.1. The Hall–Kier alpha value is -2.36. The molecule has 4 unspecified atom stereocenters. The largest absolute Gasteiger partial charge is 0.207 e. The molecule has 35 heavy (non-hydrogen) atoms. The molecule has 0 spiro atoms. The van der Waals surface area contributed by atoms with Gasteiger partial charge in [-0.05, 0) is 124 Å². The summed E-state index contributed by atoms with van der Waals surface area (Å²) in [6, 6.07) is 4.83. The van der Waals surface area contributed by atoms with Crippen LogP contribution >= 0.6 is 0 Å². The van der Waals surface area contributed by atoms with Crippen molar-refractivity contribution in [1.29, 1.82) is 0 Å². The van der Waals surface area contributed by atoms with Gasteiger partial charge >= 0.3 is 0 Å². The Morgan fingerprint density at radius 2 is 1.49 bits per heavy atom. The summed E-state index contributed by atoms with van der Waals surface area (Å²) in [6.07, 6.45) is 15.6. The molecular formula is C31H36F4. The van der Waals surface area contributed by atoms with Crippen LogP contribution in [0.15, 0.2) is 49.1 Å². The molecule has 4 atom stereocenters. The summed E-state index contributed by atoms with van der Waals surface area (Å²) in [4.78, 5) is 0. The molecule has 2 fully saturated rings. The highest BCUT2D eigenvalue weighted by Gasteiger charge is 2.36. The van der Waals surface area contributed by atoms with Gasteiger partial charge in [-0.3, -0.25) is 0 Å². The summed E-state index contributed by atoms with van der Waals surface area (Å²) in [5.74, 6) is -0.835. The molecule has 2 saturated carbocycles. The fourth-order valence-electron chi connectivity index (χ4n) is 6.39. The van der Waals surface area contributed by atoms with E-state index in [2.05, 4.69) is 25.7 Å². The van der Waals surface area contributed by atoms with E-state index in [0.717, 1.165) is 49.7 Å². The van der Waals surface area contributed by atoms with Crippen molar-refractivity contribution in [3.05, 3.63) is 83.5 Å². The quantitative estimate of drug-likeness (QED) is 0.258. The van der Waals surface area contributed by atoms with E-state index in [1.165, 1.54) is 37.8 Å². The first-order valence-corrected chi connectivity index (χ1v) is 13.1. The summed E-state index contributed by atoms with van der Waals surface area (Å²) in [6.45, 7) is 5.63. The zero-order valence-electron chi connectivity index (χ0n) is 20.6. The zero-order chi connectivity index (χ0) is 24.9. The average Bonchev–Trinajstić information content (AvgIpc) is 2.83. The normalized spacial score (nSPS) is 24.5. The van der Waals surface area contributed by atoms with Gasteiger partial charge in [-0.15, -0.1) is 6.58 Å². The lowest BCUT2D eigenvalue weighted by atomic mass is 9.63. The number of fused-ring (bicyclic) bond motifs is 1. The van der Waals surface area contributed by atoms with Crippen LogP contribution in [0.2, 0.25) is 0 Å². The Labute approximate surface area is 207 Å². The molecule has 2 aliphatic rings. The predicted octanol–water partition coefficient (Wildman–Crippen LogP) is 9.68. The second-order valence-corrected chi connectivity index (χ2v) is 10.5. The molecule has 0 N–H and O–H groups in total. The molecule has 188 valence electrons. The van der Waals surface area contributed by atoms with E-state index < -0.39 is 23.3 Å². The minimum absolute atomic E-state index is 0.0839. The van der Waals surface area contributed by atoms with Crippen molar-refractivity contribution < 1.29 is 17.6 Å². The van der Waals surface area contributed by atoms with Crippen LogP contribution in [0, 0.1) is 41.0 Å². The van der Waals surface area contributed by atoms with Gasteiger partial charge < -0.3 is 0 Å². The summed E-state index contributed by atoms with van der Waals surface area (Å²) in [5.41, 5.74) is 0.112. The standard InChI is InChI=1S/C31H36F4/c1-3-5-7-8-20-10-11-22-15-23(13-12-21(22)14-20)24-16-29(34)31(30(35)17-24)25-18-27(32)26(9-6-4-2)28(33)19-25/h3-5,16-23H,2,6-15H2,1H3/b5-3+. The maximum absolute atomic E-state index is 15.1. The van der Waals surface area contributed by atoms with Crippen LogP contribution in [-0.4, -0.2) is 0 Å². The van der Waals surface area contributed by atoms with Crippen LogP contribution in [-0.2, 0) is 6.42 Å². The van der Waals surface area contributed by atoms with Gasteiger partial charge in [0.2, 0.25) is 0 Å². The van der Waals surface area contributed by atoms with Crippen LogP contribution in [0.25, 0.3) is 11.1 Å². The molecule has 0 bridgehead atoms. The van der Waals surface area contributed by atoms with Gasteiger partial charge in [-0.2, -0.15) is 0 Å². The highest BCUT2D eigenvalue weighted by molar-refractivity contribution is 5.66. The molecule has 0 aliphatic heterocycles. The first kappa shape index (κ1) is 25.7. The van der Waals surface area contributed by atoms with Crippen molar-refractivity contribution in [3.8, 4) is 11.1 Å². The van der Waals surface area contributed by atoms with Crippen molar-refractivity contribution in [1.82, 2.24) is 0 Å². The number of hydrogen-bond donors (Lipinski definition) is 0. The minimum atomic E-state index is -0.788. The molecule has 0 nitrogen and oxygen atoms in total. The SMILES string of the molecule is C=CCCc1c(F)cc(-c2c(F)cc(C3CCC4CC(CC/C=C/C)CCC4C3)cc2F)cc1F. The Morgan fingerprint density at radius 1 is 0.829 bits per heavy atom. The molecule has 0 aromatic heterocycles. The third kappa shape index (κ3) is 5.90. The van der Waals surface area contributed by atoms with Crippen molar-refractivity contribution in [3.63, 3.8) is 0 Å². The molecule has 2 aliphatic carbocycles. The van der Waals surface area contributed by atoms with Gasteiger partial charge in [-0.25, -0.2) is 17.6 Å². The van der Waals surface area contributed by atoms with E-state index in [0.29, 0.717) is 17.9 Å². The lowest BCUT2D eigenvalue weighted by Crippen LogP contribution is -2.30. The summed E-state index contributed by atoms with van der Waals surface area (Å²) in [7, 11) is 0. The maximum Gasteiger partial charge on any atom is 0.134 e. The lowest BCUT2D eigenvalue weighted by Gasteiger charge is -2.42. The van der Waals surface area contributed by atoms with E-state index in [-0.39, 0.29) is 29.0 Å². The predicted molar refractivity (Wildman–Crippen MR) is 135 cm³/mol. The molecule has 0 heterocycles. The van der Waals surface area contributed by atoms with Crippen molar-refractivity contribution >= 4 is 0 Å². The monoisotopic (exact) mass is 484 g/mol. The Bertz CT molecular complexity index is 1020. The average molecular weight is 485 g/mol. The summed E-state index contributed by atoms with van der Waals surface area (Å²) in [5, 5.41) is 0. The Morgan fingerprint density at radius 3 is 2.14 bits per heavy atom. The third-order valence-corrected chi connectivity index (χ3v) is 8.26. The van der Waals surface area contributed by atoms with E-state index in [9.17, 15) is 8.78 Å². The van der Waals surface area contributed by atoms with Crippen LogP contribution in [0.4, 0.5) is 17.6 Å². The molecule has 0 radical (unpaired) electrons. The summed E-state index contributed by atoms with van der Waals surface area (Å²) >= 11 is 0. The lowest BCUT2D eigenvalue weighted by molar-refractivity contribution is 0.115. The van der Waals surface area contributed by atoms with Crippen LogP contribution in [0.5, 0.6) is 0 Å². The molecule has 0 amide bonds. The number of allylic oxidation sites excluding steroid dienone is 3. The number of benzene rings is 2. The first-order chi connectivity index (χ1) is 16.9. The highest BCUT2D eigenvalue weighted by atomic mass is 19.1. The molecule has 4 heteroatoms. The Kier molecular flexibility index (Phi) is 8.51. The molecule has 4 rings (SSSR count). The molecule has 0 saturated heterocycles. The zero-order valence-corrected chi connectivity index (χ0v) is 20.6. The van der Waals surface area contributed by atoms with E-state index in [1.807, 2.05) is 0 Å². The number of halogens is 4. The number of rotatable bonds is 8. The second kappa shape index (κ2) is 11.6. The van der Waals surface area contributed by atoms with Gasteiger partial charge in [0.1, 0.15) is 23.3 Å². The number of hydrogen-bond acceptors (Lipinski definition) is 0. The minimum Gasteiger partial charge on any atom is -0.207 e. The Balaban J connectivity index is 1.48. The van der Waals surface area contributed by atoms with Gasteiger partial charge in [0.25, 0.3) is 0 Å². The second-order valence-electron chi connectivity index (χ2n) is 10.5. The van der Waals surface area contributed by atoms with E-state index in [4.69, 9.17) is 0 Å². The van der Waals surface area contributed by atoms with E-state index >= 15 is 8.78 Å². The summed E-state index contributed by atoms with van der Waals surface area (Å²) < 4.78 is 59.3. The van der Waals surface area contributed by atoms with Crippen LogP contribution < -0.4 is 0 Å². The smallest absolute Gasteiger partial charge is 0.134 e. The topological polar surface area (TPSA) is 0 Å². The van der Waals surface area contributed by atoms with E-state index in [1.54, 1.807) is 6.08 Å². The fraction of sp³-hybridized carbons (Fsp3) is 0.484.